The summed E-state index contributed by atoms with van der Waals surface area (Å²) in [6.45, 7) is 10.3. The summed E-state index contributed by atoms with van der Waals surface area (Å²) in [6.07, 6.45) is 0.574. The van der Waals surface area contributed by atoms with Gasteiger partial charge < -0.3 is 15.2 Å². The van der Waals surface area contributed by atoms with Gasteiger partial charge in [0.25, 0.3) is 0 Å². The summed E-state index contributed by atoms with van der Waals surface area (Å²) in [5.74, 6) is 0. The summed E-state index contributed by atoms with van der Waals surface area (Å²) in [7, 11) is 0. The molecule has 0 aromatic rings. The lowest BCUT2D eigenvalue weighted by atomic mass is 10.1. The van der Waals surface area contributed by atoms with Gasteiger partial charge in [-0.15, -0.1) is 0 Å². The maximum absolute atomic E-state index is 9.01. The number of aliphatic hydroxyl groups excluding tert-OH is 1. The van der Waals surface area contributed by atoms with E-state index in [9.17, 15) is 0 Å². The molecule has 0 saturated carbocycles. The molecule has 0 radical (unpaired) electrons. The summed E-state index contributed by atoms with van der Waals surface area (Å²) in [4.78, 5) is 0. The van der Waals surface area contributed by atoms with Gasteiger partial charge in [-0.3, -0.25) is 0 Å². The Morgan fingerprint density at radius 3 is 2.54 bits per heavy atom. The number of rotatable bonds is 7. The van der Waals surface area contributed by atoms with Crippen LogP contribution < -0.4 is 5.32 Å². The molecule has 0 amide bonds. The first-order valence-electron chi connectivity index (χ1n) is 5.00. The van der Waals surface area contributed by atoms with Crippen molar-refractivity contribution in [3.05, 3.63) is 0 Å². The van der Waals surface area contributed by atoms with Gasteiger partial charge in [-0.05, 0) is 40.7 Å². The molecule has 0 heterocycles. The lowest BCUT2D eigenvalue weighted by molar-refractivity contribution is -0.00910. The van der Waals surface area contributed by atoms with E-state index in [1.807, 2.05) is 6.92 Å². The standard InChI is InChI=1S/C10H23NO2/c1-5-13-10(3,4)8-11-7-6-9(2)12/h9,11-12H,5-8H2,1-4H3. The van der Waals surface area contributed by atoms with Crippen LogP contribution in [0.2, 0.25) is 0 Å². The van der Waals surface area contributed by atoms with Gasteiger partial charge in [-0.2, -0.15) is 0 Å². The maximum atomic E-state index is 9.01. The summed E-state index contributed by atoms with van der Waals surface area (Å²) >= 11 is 0. The highest BCUT2D eigenvalue weighted by molar-refractivity contribution is 4.71. The second-order valence-electron chi connectivity index (χ2n) is 4.01. The highest BCUT2D eigenvalue weighted by Crippen LogP contribution is 2.06. The minimum atomic E-state index is -0.220. The smallest absolute Gasteiger partial charge is 0.0750 e. The van der Waals surface area contributed by atoms with Crippen molar-refractivity contribution in [3.63, 3.8) is 0 Å². The first kappa shape index (κ1) is 12.9. The zero-order valence-electron chi connectivity index (χ0n) is 9.26. The Labute approximate surface area is 81.5 Å². The van der Waals surface area contributed by atoms with Crippen LogP contribution in [0.5, 0.6) is 0 Å². The Kier molecular flexibility index (Phi) is 6.29. The molecule has 2 N–H and O–H groups in total. The van der Waals surface area contributed by atoms with Crippen LogP contribution in [0.15, 0.2) is 0 Å². The molecule has 3 nitrogen and oxygen atoms in total. The van der Waals surface area contributed by atoms with Crippen molar-refractivity contribution in [2.75, 3.05) is 19.7 Å². The average molecular weight is 189 g/mol. The van der Waals surface area contributed by atoms with Crippen LogP contribution in [0.4, 0.5) is 0 Å². The van der Waals surface area contributed by atoms with Crippen molar-refractivity contribution in [2.45, 2.75) is 45.8 Å². The van der Waals surface area contributed by atoms with Crippen LogP contribution in [0.3, 0.4) is 0 Å². The van der Waals surface area contributed by atoms with E-state index in [4.69, 9.17) is 9.84 Å². The lowest BCUT2D eigenvalue weighted by Gasteiger charge is -2.25. The molecule has 13 heavy (non-hydrogen) atoms. The molecule has 0 aliphatic rings. The third kappa shape index (κ3) is 8.22. The lowest BCUT2D eigenvalue weighted by Crippen LogP contribution is -2.38. The second kappa shape index (κ2) is 6.35. The van der Waals surface area contributed by atoms with Gasteiger partial charge >= 0.3 is 0 Å². The summed E-state index contributed by atoms with van der Waals surface area (Å²) < 4.78 is 5.51. The molecular weight excluding hydrogens is 166 g/mol. The molecule has 3 heteroatoms. The minimum absolute atomic E-state index is 0.104. The van der Waals surface area contributed by atoms with E-state index in [0.29, 0.717) is 0 Å². The van der Waals surface area contributed by atoms with Crippen LogP contribution in [0.25, 0.3) is 0 Å². The molecule has 0 saturated heterocycles. The van der Waals surface area contributed by atoms with Crippen molar-refractivity contribution >= 4 is 0 Å². The molecular formula is C10H23NO2. The highest BCUT2D eigenvalue weighted by Gasteiger charge is 2.16. The maximum Gasteiger partial charge on any atom is 0.0750 e. The fourth-order valence-electron chi connectivity index (χ4n) is 1.14. The number of hydrogen-bond donors (Lipinski definition) is 2. The Hall–Kier alpha value is -0.120. The molecule has 0 aromatic carbocycles. The van der Waals surface area contributed by atoms with Gasteiger partial charge in [-0.25, -0.2) is 0 Å². The molecule has 80 valence electrons. The van der Waals surface area contributed by atoms with Gasteiger partial charge in [0, 0.05) is 13.2 Å². The first-order chi connectivity index (χ1) is 5.98. The largest absolute Gasteiger partial charge is 0.393 e. The van der Waals surface area contributed by atoms with E-state index < -0.39 is 0 Å². The van der Waals surface area contributed by atoms with Gasteiger partial charge in [0.15, 0.2) is 0 Å². The normalized spacial score (nSPS) is 14.5. The summed E-state index contributed by atoms with van der Waals surface area (Å²) in [5, 5.41) is 12.3. The fourth-order valence-corrected chi connectivity index (χ4v) is 1.14. The van der Waals surface area contributed by atoms with Gasteiger partial charge in [-0.1, -0.05) is 0 Å². The van der Waals surface area contributed by atoms with E-state index in [0.717, 1.165) is 26.1 Å². The number of ether oxygens (including phenoxy) is 1. The minimum Gasteiger partial charge on any atom is -0.393 e. The molecule has 0 bridgehead atoms. The monoisotopic (exact) mass is 189 g/mol. The zero-order valence-corrected chi connectivity index (χ0v) is 9.26. The highest BCUT2D eigenvalue weighted by atomic mass is 16.5. The second-order valence-corrected chi connectivity index (χ2v) is 4.01. The molecule has 1 unspecified atom stereocenters. The molecule has 0 rings (SSSR count). The first-order valence-corrected chi connectivity index (χ1v) is 5.00. The Bertz CT molecular complexity index is 124. The van der Waals surface area contributed by atoms with Crippen molar-refractivity contribution in [2.24, 2.45) is 0 Å². The fraction of sp³-hybridized carbons (Fsp3) is 1.00. The topological polar surface area (TPSA) is 41.5 Å². The quantitative estimate of drug-likeness (QED) is 0.591. The molecule has 0 aliphatic carbocycles. The SMILES string of the molecule is CCOC(C)(C)CNCCC(C)O. The van der Waals surface area contributed by atoms with Crippen molar-refractivity contribution in [1.82, 2.24) is 5.32 Å². The van der Waals surface area contributed by atoms with E-state index in [1.165, 1.54) is 0 Å². The predicted molar refractivity (Wildman–Crippen MR) is 54.9 cm³/mol. The van der Waals surface area contributed by atoms with Crippen LogP contribution in [0.1, 0.15) is 34.1 Å². The average Bonchev–Trinajstić information content (AvgIpc) is 1.98. The van der Waals surface area contributed by atoms with Crippen molar-refractivity contribution in [3.8, 4) is 0 Å². The zero-order chi connectivity index (χ0) is 10.3. The van der Waals surface area contributed by atoms with Gasteiger partial charge in [0.05, 0.1) is 11.7 Å². The van der Waals surface area contributed by atoms with E-state index in [2.05, 4.69) is 19.2 Å². The molecule has 0 spiro atoms. The van der Waals surface area contributed by atoms with Crippen LogP contribution >= 0.6 is 0 Å². The van der Waals surface area contributed by atoms with Crippen molar-refractivity contribution < 1.29 is 9.84 Å². The summed E-state index contributed by atoms with van der Waals surface area (Å²) in [6, 6.07) is 0. The Morgan fingerprint density at radius 2 is 2.08 bits per heavy atom. The van der Waals surface area contributed by atoms with E-state index >= 15 is 0 Å². The van der Waals surface area contributed by atoms with Crippen LogP contribution in [0, 0.1) is 0 Å². The third-order valence-corrected chi connectivity index (χ3v) is 1.82. The molecule has 1 atom stereocenters. The van der Waals surface area contributed by atoms with Crippen molar-refractivity contribution in [1.29, 1.82) is 0 Å². The summed E-state index contributed by atoms with van der Waals surface area (Å²) in [5.41, 5.74) is -0.104. The van der Waals surface area contributed by atoms with E-state index in [1.54, 1.807) is 6.92 Å². The van der Waals surface area contributed by atoms with Gasteiger partial charge in [0.2, 0.25) is 0 Å². The third-order valence-electron chi connectivity index (χ3n) is 1.82. The molecule has 0 aliphatic heterocycles. The number of hydrogen-bond acceptors (Lipinski definition) is 3. The number of aliphatic hydroxyl groups is 1. The Balaban J connectivity index is 3.40. The Morgan fingerprint density at radius 1 is 1.46 bits per heavy atom. The van der Waals surface area contributed by atoms with E-state index in [-0.39, 0.29) is 11.7 Å². The molecule has 0 aromatic heterocycles. The predicted octanol–water partition coefficient (Wildman–Crippen LogP) is 1.16. The number of nitrogens with one attached hydrogen (secondary N) is 1. The van der Waals surface area contributed by atoms with Crippen LogP contribution in [-0.4, -0.2) is 36.5 Å². The van der Waals surface area contributed by atoms with Crippen LogP contribution in [-0.2, 0) is 4.74 Å². The molecule has 0 fully saturated rings. The van der Waals surface area contributed by atoms with Gasteiger partial charge in [0.1, 0.15) is 0 Å².